The third-order valence-corrected chi connectivity index (χ3v) is 6.48. The molecule has 0 spiro atoms. The first-order valence-electron chi connectivity index (χ1n) is 8.36. The van der Waals surface area contributed by atoms with Gasteiger partial charge in [-0.25, -0.2) is 13.4 Å². The number of benzene rings is 1. The lowest BCUT2D eigenvalue weighted by molar-refractivity contribution is 0.102. The summed E-state index contributed by atoms with van der Waals surface area (Å²) in [6.45, 7) is 3.54. The van der Waals surface area contributed by atoms with E-state index in [1.54, 1.807) is 18.5 Å². The highest BCUT2D eigenvalue weighted by molar-refractivity contribution is 7.91. The number of aromatic nitrogens is 4. The highest BCUT2D eigenvalue weighted by atomic mass is 32.2. The second-order valence-electron chi connectivity index (χ2n) is 6.60. The molecule has 0 radical (unpaired) electrons. The number of aryl methyl sites for hydroxylation is 1. The summed E-state index contributed by atoms with van der Waals surface area (Å²) in [5, 5.41) is 7.20. The van der Waals surface area contributed by atoms with Gasteiger partial charge in [0.05, 0.1) is 39.8 Å². The minimum Gasteiger partial charge on any atom is -0.324 e. The first-order valence-corrected chi connectivity index (χ1v) is 10.2. The summed E-state index contributed by atoms with van der Waals surface area (Å²) in [7, 11) is -3.02. The number of sulfone groups is 1. The molecule has 136 valence electrons. The maximum atomic E-state index is 12.7. The molecule has 3 heterocycles. The Morgan fingerprint density at radius 2 is 2.08 bits per heavy atom. The van der Waals surface area contributed by atoms with E-state index in [1.807, 2.05) is 24.3 Å². The van der Waals surface area contributed by atoms with Crippen LogP contribution < -0.4 is 5.32 Å². The molecule has 26 heavy (non-hydrogen) atoms. The molecule has 1 aliphatic rings. The Kier molecular flexibility index (Phi) is 3.83. The lowest BCUT2D eigenvalue weighted by Gasteiger charge is -2.11. The minimum atomic E-state index is -3.02. The Labute approximate surface area is 150 Å². The topological polar surface area (TPSA) is 110 Å². The Hall–Kier alpha value is -2.68. The first-order chi connectivity index (χ1) is 12.3. The first kappa shape index (κ1) is 16.8. The molecule has 1 fully saturated rings. The van der Waals surface area contributed by atoms with Crippen LogP contribution in [0.1, 0.15) is 34.2 Å². The summed E-state index contributed by atoms with van der Waals surface area (Å²) in [5.41, 5.74) is 3.29. The van der Waals surface area contributed by atoms with Crippen molar-refractivity contribution in [2.75, 3.05) is 16.8 Å². The maximum absolute atomic E-state index is 12.7. The Morgan fingerprint density at radius 1 is 1.31 bits per heavy atom. The molecule has 0 saturated carbocycles. The van der Waals surface area contributed by atoms with Gasteiger partial charge >= 0.3 is 0 Å². The smallest absolute Gasteiger partial charge is 0.261 e. The van der Waals surface area contributed by atoms with E-state index in [9.17, 15) is 13.2 Å². The van der Waals surface area contributed by atoms with Crippen LogP contribution in [0.4, 0.5) is 5.95 Å². The quantitative estimate of drug-likeness (QED) is 0.729. The van der Waals surface area contributed by atoms with Crippen LogP contribution in [-0.2, 0) is 9.84 Å². The van der Waals surface area contributed by atoms with Crippen LogP contribution in [0.5, 0.6) is 0 Å². The van der Waals surface area contributed by atoms with Gasteiger partial charge in [-0.05, 0) is 32.4 Å². The van der Waals surface area contributed by atoms with Gasteiger partial charge < -0.3 is 4.98 Å². The second kappa shape index (κ2) is 5.94. The second-order valence-corrected chi connectivity index (χ2v) is 8.83. The molecule has 0 aliphatic carbocycles. The Bertz CT molecular complexity index is 1080. The van der Waals surface area contributed by atoms with Crippen LogP contribution in [0, 0.1) is 13.8 Å². The van der Waals surface area contributed by atoms with Crippen molar-refractivity contribution in [3.05, 3.63) is 41.2 Å². The number of carbonyl (C=O) groups excluding carboxylic acids is 1. The van der Waals surface area contributed by atoms with Crippen LogP contribution in [0.25, 0.3) is 11.0 Å². The van der Waals surface area contributed by atoms with E-state index in [2.05, 4.69) is 20.4 Å². The van der Waals surface area contributed by atoms with Gasteiger partial charge in [0, 0.05) is 5.69 Å². The monoisotopic (exact) mass is 373 g/mol. The number of amides is 1. The molecule has 3 aromatic rings. The Balaban J connectivity index is 1.62. The molecule has 1 atom stereocenters. The van der Waals surface area contributed by atoms with Gasteiger partial charge in [-0.15, -0.1) is 0 Å². The fourth-order valence-corrected chi connectivity index (χ4v) is 5.19. The fourth-order valence-electron chi connectivity index (χ4n) is 3.50. The van der Waals surface area contributed by atoms with Crippen LogP contribution >= 0.6 is 0 Å². The van der Waals surface area contributed by atoms with E-state index in [-0.39, 0.29) is 23.5 Å². The molecular weight excluding hydrogens is 354 g/mol. The van der Waals surface area contributed by atoms with Crippen molar-refractivity contribution in [2.45, 2.75) is 26.3 Å². The van der Waals surface area contributed by atoms with Gasteiger partial charge in [-0.2, -0.15) is 5.10 Å². The van der Waals surface area contributed by atoms with Crippen molar-refractivity contribution in [2.24, 2.45) is 0 Å². The number of rotatable bonds is 3. The largest absolute Gasteiger partial charge is 0.324 e. The third kappa shape index (κ3) is 2.88. The summed E-state index contributed by atoms with van der Waals surface area (Å²) in [6, 6.07) is 7.29. The summed E-state index contributed by atoms with van der Waals surface area (Å²) >= 11 is 0. The Morgan fingerprint density at radius 3 is 2.77 bits per heavy atom. The molecule has 4 rings (SSSR count). The predicted octanol–water partition coefficient (Wildman–Crippen LogP) is 1.99. The van der Waals surface area contributed by atoms with Crippen molar-refractivity contribution in [3.63, 3.8) is 0 Å². The van der Waals surface area contributed by atoms with Gasteiger partial charge in [0.25, 0.3) is 5.91 Å². The summed E-state index contributed by atoms with van der Waals surface area (Å²) in [5.74, 6) is 0.285. The molecule has 2 aromatic heterocycles. The molecule has 1 aliphatic heterocycles. The molecule has 1 saturated heterocycles. The van der Waals surface area contributed by atoms with Gasteiger partial charge in [0.1, 0.15) is 0 Å². The molecule has 1 amide bonds. The summed E-state index contributed by atoms with van der Waals surface area (Å²) < 4.78 is 25.2. The number of fused-ring (bicyclic) bond motifs is 1. The predicted molar refractivity (Wildman–Crippen MR) is 98.1 cm³/mol. The van der Waals surface area contributed by atoms with E-state index in [0.717, 1.165) is 11.0 Å². The van der Waals surface area contributed by atoms with Crippen molar-refractivity contribution < 1.29 is 13.2 Å². The summed E-state index contributed by atoms with van der Waals surface area (Å²) in [4.78, 5) is 20.2. The van der Waals surface area contributed by atoms with Crippen LogP contribution in [0.2, 0.25) is 0 Å². The molecule has 8 nitrogen and oxygen atoms in total. The van der Waals surface area contributed by atoms with Gasteiger partial charge in [-0.3, -0.25) is 14.8 Å². The minimum absolute atomic E-state index is 0.0690. The molecule has 0 bridgehead atoms. The van der Waals surface area contributed by atoms with Gasteiger partial charge in [0.2, 0.25) is 5.95 Å². The zero-order chi connectivity index (χ0) is 18.5. The summed E-state index contributed by atoms with van der Waals surface area (Å²) in [6.07, 6.45) is 0.523. The lowest BCUT2D eigenvalue weighted by Crippen LogP contribution is -2.17. The van der Waals surface area contributed by atoms with E-state index >= 15 is 0 Å². The van der Waals surface area contributed by atoms with Crippen molar-refractivity contribution in [1.29, 1.82) is 0 Å². The van der Waals surface area contributed by atoms with E-state index < -0.39 is 9.84 Å². The number of carbonyl (C=O) groups is 1. The maximum Gasteiger partial charge on any atom is 0.261 e. The van der Waals surface area contributed by atoms with Crippen molar-refractivity contribution in [1.82, 2.24) is 19.7 Å². The number of hydrogen-bond donors (Lipinski definition) is 2. The average molecular weight is 373 g/mol. The number of imidazole rings is 1. The average Bonchev–Trinajstić information content (AvgIpc) is 3.22. The highest BCUT2D eigenvalue weighted by Crippen LogP contribution is 2.27. The van der Waals surface area contributed by atoms with Crippen molar-refractivity contribution >= 4 is 32.7 Å². The van der Waals surface area contributed by atoms with E-state index in [0.29, 0.717) is 29.3 Å². The van der Waals surface area contributed by atoms with Crippen LogP contribution in [0.3, 0.4) is 0 Å². The fraction of sp³-hybridized carbons (Fsp3) is 0.353. The number of nitrogens with one attached hydrogen (secondary N) is 2. The zero-order valence-electron chi connectivity index (χ0n) is 14.5. The normalized spacial score (nSPS) is 19.1. The van der Waals surface area contributed by atoms with E-state index in [4.69, 9.17) is 0 Å². The number of nitrogens with zero attached hydrogens (tertiary/aromatic N) is 3. The molecule has 2 N–H and O–H groups in total. The number of para-hydroxylation sites is 2. The molecule has 1 unspecified atom stereocenters. The lowest BCUT2D eigenvalue weighted by atomic mass is 10.1. The standard InChI is InChI=1S/C17H19N5O3S/c1-10-15(11(2)22(21-10)12-7-8-26(24,25)9-12)16(23)20-17-18-13-5-3-4-6-14(13)19-17/h3-6,12H,7-9H2,1-2H3,(H2,18,19,20,23). The zero-order valence-corrected chi connectivity index (χ0v) is 15.3. The van der Waals surface area contributed by atoms with Gasteiger partial charge in [-0.1, -0.05) is 12.1 Å². The highest BCUT2D eigenvalue weighted by Gasteiger charge is 2.32. The van der Waals surface area contributed by atoms with Crippen LogP contribution in [-0.4, -0.2) is 45.6 Å². The number of H-pyrrole nitrogens is 1. The molecule has 1 aromatic carbocycles. The van der Waals surface area contributed by atoms with Gasteiger partial charge in [0.15, 0.2) is 9.84 Å². The molecular formula is C17H19N5O3S. The number of anilines is 1. The molecule has 9 heteroatoms. The number of aromatic amines is 1. The van der Waals surface area contributed by atoms with E-state index in [1.165, 1.54) is 0 Å². The number of hydrogen-bond acceptors (Lipinski definition) is 5. The van der Waals surface area contributed by atoms with Crippen molar-refractivity contribution in [3.8, 4) is 0 Å². The third-order valence-electron chi connectivity index (χ3n) is 4.73. The van der Waals surface area contributed by atoms with Crippen LogP contribution in [0.15, 0.2) is 24.3 Å². The SMILES string of the molecule is Cc1nn(C2CCS(=O)(=O)C2)c(C)c1C(=O)Nc1nc2ccccc2[nH]1.